The summed E-state index contributed by atoms with van der Waals surface area (Å²) in [7, 11) is 0. The van der Waals surface area contributed by atoms with Gasteiger partial charge in [0.05, 0.1) is 0 Å². The van der Waals surface area contributed by atoms with Crippen molar-refractivity contribution in [1.82, 2.24) is 0 Å². The molecule has 0 spiro atoms. The number of hydrogen-bond donors (Lipinski definition) is 0. The van der Waals surface area contributed by atoms with Gasteiger partial charge in [0.2, 0.25) is 0 Å². The molecule has 0 radical (unpaired) electrons. The lowest BCUT2D eigenvalue weighted by molar-refractivity contribution is 0.0652. The molecule has 2 aromatic heterocycles. The van der Waals surface area contributed by atoms with Gasteiger partial charge in [-0.25, -0.2) is 9.59 Å². The fraction of sp³-hybridized carbons (Fsp3) is 0.0769. The van der Waals surface area contributed by atoms with Crippen LogP contribution in [0.2, 0.25) is 0 Å². The van der Waals surface area contributed by atoms with E-state index in [1.807, 2.05) is 73.1 Å². The molecule has 0 aliphatic rings. The van der Waals surface area contributed by atoms with Crippen LogP contribution in [0.5, 0.6) is 0 Å². The van der Waals surface area contributed by atoms with Gasteiger partial charge in [0.1, 0.15) is 9.75 Å². The summed E-state index contributed by atoms with van der Waals surface area (Å²) in [5.74, 6) is -0.631. The van der Waals surface area contributed by atoms with E-state index in [1.54, 1.807) is 24.3 Å². The minimum absolute atomic E-state index is 0.192. The minimum atomic E-state index is -0.507. The highest BCUT2D eigenvalue weighted by Gasteiger charge is 2.23. The molecule has 0 N–H and O–H groups in total. The van der Waals surface area contributed by atoms with Gasteiger partial charge in [-0.05, 0) is 36.7 Å². The van der Waals surface area contributed by atoms with Crippen LogP contribution in [-0.2, 0) is 9.47 Å². The molecule has 4 nitrogen and oxygen atoms in total. The number of hydrogen-bond acceptors (Lipinski definition) is 6. The van der Waals surface area contributed by atoms with Crippen molar-refractivity contribution < 1.29 is 19.1 Å². The van der Waals surface area contributed by atoms with Gasteiger partial charge in [-0.3, -0.25) is 0 Å². The van der Waals surface area contributed by atoms with Crippen molar-refractivity contribution in [3.8, 4) is 0 Å². The molecule has 4 aromatic rings. The molecule has 2 aromatic carbocycles. The fourth-order valence-corrected chi connectivity index (χ4v) is 4.16. The lowest BCUT2D eigenvalue weighted by Gasteiger charge is -2.16. The number of thiophene rings is 2. The topological polar surface area (TPSA) is 52.6 Å². The van der Waals surface area contributed by atoms with Crippen LogP contribution >= 0.6 is 22.7 Å². The number of esters is 2. The number of aryl methyl sites for hydroxylation is 2. The van der Waals surface area contributed by atoms with Gasteiger partial charge < -0.3 is 9.47 Å². The second-order valence-electron chi connectivity index (χ2n) is 7.12. The third-order valence-corrected chi connectivity index (χ3v) is 6.37. The summed E-state index contributed by atoms with van der Waals surface area (Å²) in [6.45, 7) is 3.95. The normalized spacial score (nSPS) is 11.6. The van der Waals surface area contributed by atoms with E-state index in [4.69, 9.17) is 9.47 Å². The molecule has 0 saturated heterocycles. The highest BCUT2D eigenvalue weighted by molar-refractivity contribution is 7.12. The Labute approximate surface area is 194 Å². The van der Waals surface area contributed by atoms with Crippen molar-refractivity contribution in [1.29, 1.82) is 0 Å². The molecule has 0 atom stereocenters. The van der Waals surface area contributed by atoms with E-state index in [0.29, 0.717) is 20.9 Å². The Kier molecular flexibility index (Phi) is 6.63. The molecule has 0 unspecified atom stereocenters. The molecular weight excluding hydrogens is 440 g/mol. The highest BCUT2D eigenvalue weighted by atomic mass is 32.1. The highest BCUT2D eigenvalue weighted by Crippen LogP contribution is 2.32. The van der Waals surface area contributed by atoms with Crippen LogP contribution in [0.3, 0.4) is 0 Å². The standard InChI is InChI=1S/C26H20O4S2/c1-17-7-11-19(12-8-17)23(29-25(27)21-5-3-15-31-21)24(20-13-9-18(2)10-14-20)30-26(28)22-6-4-16-32-22/h3-16H,1-2H3. The van der Waals surface area contributed by atoms with Crippen molar-refractivity contribution in [2.45, 2.75) is 13.8 Å². The average Bonchev–Trinajstić information content (AvgIpc) is 3.52. The molecule has 0 aliphatic carbocycles. The molecule has 0 fully saturated rings. The summed E-state index contributed by atoms with van der Waals surface area (Å²) in [6.07, 6.45) is 0. The third kappa shape index (κ3) is 5.04. The van der Waals surface area contributed by atoms with Gasteiger partial charge in [0.25, 0.3) is 0 Å². The van der Waals surface area contributed by atoms with Crippen LogP contribution < -0.4 is 0 Å². The molecule has 0 amide bonds. The third-order valence-electron chi connectivity index (χ3n) is 4.67. The Morgan fingerprint density at radius 3 is 1.28 bits per heavy atom. The maximum Gasteiger partial charge on any atom is 0.353 e. The second-order valence-corrected chi connectivity index (χ2v) is 9.02. The zero-order valence-corrected chi connectivity index (χ0v) is 19.2. The molecule has 6 heteroatoms. The number of carbonyl (C=O) groups excluding carboxylic acids is 2. The van der Waals surface area contributed by atoms with Crippen molar-refractivity contribution in [3.63, 3.8) is 0 Å². The monoisotopic (exact) mass is 460 g/mol. The van der Waals surface area contributed by atoms with E-state index in [0.717, 1.165) is 11.1 Å². The van der Waals surface area contributed by atoms with Gasteiger partial charge in [-0.2, -0.15) is 0 Å². The Bertz CT molecular complexity index is 1130. The van der Waals surface area contributed by atoms with Crippen LogP contribution in [0, 0.1) is 13.8 Å². The number of ether oxygens (including phenoxy) is 2. The van der Waals surface area contributed by atoms with E-state index >= 15 is 0 Å². The van der Waals surface area contributed by atoms with Gasteiger partial charge in [-0.15, -0.1) is 22.7 Å². The van der Waals surface area contributed by atoms with E-state index < -0.39 is 11.9 Å². The molecule has 4 rings (SSSR count). The predicted molar refractivity (Wildman–Crippen MR) is 129 cm³/mol. The predicted octanol–water partition coefficient (Wildman–Crippen LogP) is 6.97. The number of carbonyl (C=O) groups is 2. The Morgan fingerprint density at radius 2 is 0.969 bits per heavy atom. The number of rotatable bonds is 6. The molecule has 160 valence electrons. The first-order chi connectivity index (χ1) is 15.5. The van der Waals surface area contributed by atoms with Gasteiger partial charge >= 0.3 is 11.9 Å². The SMILES string of the molecule is Cc1ccc(C(OC(=O)c2cccs2)=C(OC(=O)c2cccs2)c2ccc(C)cc2)cc1. The maximum absolute atomic E-state index is 12.9. The molecule has 0 bridgehead atoms. The van der Waals surface area contributed by atoms with E-state index in [2.05, 4.69) is 0 Å². The van der Waals surface area contributed by atoms with Crippen molar-refractivity contribution in [3.05, 3.63) is 116 Å². The molecule has 2 heterocycles. The second kappa shape index (κ2) is 9.77. The van der Waals surface area contributed by atoms with Gasteiger partial charge in [-0.1, -0.05) is 71.8 Å². The lowest BCUT2D eigenvalue weighted by Crippen LogP contribution is -2.10. The van der Waals surface area contributed by atoms with Crippen LogP contribution in [-0.4, -0.2) is 11.9 Å². The summed E-state index contributed by atoms with van der Waals surface area (Å²) in [4.78, 5) is 26.7. The minimum Gasteiger partial charge on any atom is -0.418 e. The molecule has 32 heavy (non-hydrogen) atoms. The zero-order chi connectivity index (χ0) is 22.5. The van der Waals surface area contributed by atoms with Crippen LogP contribution in [0.15, 0.2) is 83.6 Å². The summed E-state index contributed by atoms with van der Waals surface area (Å²) < 4.78 is 11.7. The van der Waals surface area contributed by atoms with Crippen LogP contribution in [0.25, 0.3) is 11.5 Å². The van der Waals surface area contributed by atoms with Crippen LogP contribution in [0.1, 0.15) is 41.6 Å². The largest absolute Gasteiger partial charge is 0.418 e. The smallest absolute Gasteiger partial charge is 0.353 e. The van der Waals surface area contributed by atoms with E-state index in [-0.39, 0.29) is 11.5 Å². The lowest BCUT2D eigenvalue weighted by atomic mass is 10.1. The summed E-state index contributed by atoms with van der Waals surface area (Å²) in [6, 6.07) is 22.0. The first-order valence-electron chi connectivity index (χ1n) is 9.91. The van der Waals surface area contributed by atoms with E-state index in [9.17, 15) is 9.59 Å². The van der Waals surface area contributed by atoms with Crippen molar-refractivity contribution in [2.24, 2.45) is 0 Å². The molecular formula is C26H20O4S2. The maximum atomic E-state index is 12.9. The first kappa shape index (κ1) is 21.7. The summed E-state index contributed by atoms with van der Waals surface area (Å²) in [5.41, 5.74) is 3.39. The molecule has 0 saturated carbocycles. The van der Waals surface area contributed by atoms with Gasteiger partial charge in [0.15, 0.2) is 11.5 Å². The summed E-state index contributed by atoms with van der Waals surface area (Å²) in [5, 5.41) is 3.62. The molecule has 0 aliphatic heterocycles. The first-order valence-corrected chi connectivity index (χ1v) is 11.7. The van der Waals surface area contributed by atoms with Crippen molar-refractivity contribution in [2.75, 3.05) is 0 Å². The zero-order valence-electron chi connectivity index (χ0n) is 17.5. The van der Waals surface area contributed by atoms with Gasteiger partial charge in [0, 0.05) is 11.1 Å². The Morgan fingerprint density at radius 1 is 0.594 bits per heavy atom. The fourth-order valence-electron chi connectivity index (χ4n) is 2.96. The summed E-state index contributed by atoms with van der Waals surface area (Å²) >= 11 is 2.58. The Balaban J connectivity index is 1.86. The van der Waals surface area contributed by atoms with Crippen LogP contribution in [0.4, 0.5) is 0 Å². The average molecular weight is 461 g/mol. The van der Waals surface area contributed by atoms with E-state index in [1.165, 1.54) is 22.7 Å². The Hall–Kier alpha value is -3.48. The number of benzene rings is 2. The quantitative estimate of drug-likeness (QED) is 0.177. The van der Waals surface area contributed by atoms with Crippen molar-refractivity contribution >= 4 is 46.1 Å².